The van der Waals surface area contributed by atoms with E-state index in [1.807, 2.05) is 12.1 Å². The van der Waals surface area contributed by atoms with Crippen LogP contribution >= 0.6 is 21.6 Å². The summed E-state index contributed by atoms with van der Waals surface area (Å²) in [6.07, 6.45) is 0. The maximum atomic E-state index is 12.1. The zero-order valence-corrected chi connectivity index (χ0v) is 13.9. The molecule has 0 fully saturated rings. The summed E-state index contributed by atoms with van der Waals surface area (Å²) in [5.41, 5.74) is 0.876. The van der Waals surface area contributed by atoms with Gasteiger partial charge in [-0.05, 0) is 45.9 Å². The predicted octanol–water partition coefficient (Wildman–Crippen LogP) is 4.70. The van der Waals surface area contributed by atoms with Gasteiger partial charge in [-0.1, -0.05) is 24.3 Å². The van der Waals surface area contributed by atoms with E-state index in [-0.39, 0.29) is 10.9 Å². The van der Waals surface area contributed by atoms with Gasteiger partial charge >= 0.3 is 0 Å². The van der Waals surface area contributed by atoms with Crippen molar-refractivity contribution in [2.75, 3.05) is 0 Å². The molecule has 0 aliphatic carbocycles. The second-order valence-corrected chi connectivity index (χ2v) is 7.16. The summed E-state index contributed by atoms with van der Waals surface area (Å²) in [6.45, 7) is 0. The number of hydrogen-bond acceptors (Lipinski definition) is 6. The molecule has 0 aliphatic heterocycles. The first-order valence-electron chi connectivity index (χ1n) is 7.11. The zero-order valence-electron chi connectivity index (χ0n) is 12.2. The van der Waals surface area contributed by atoms with Crippen LogP contribution in [0.5, 0.6) is 0 Å². The van der Waals surface area contributed by atoms with Crippen molar-refractivity contribution in [2.45, 2.75) is 10.2 Å². The lowest BCUT2D eigenvalue weighted by Gasteiger charge is -2.03. The molecule has 2 aromatic carbocycles. The minimum absolute atomic E-state index is 0.0973. The highest BCUT2D eigenvalue weighted by atomic mass is 33.1. The fourth-order valence-corrected chi connectivity index (χ4v) is 4.04. The number of para-hydroxylation sites is 2. The predicted molar refractivity (Wildman–Crippen MR) is 96.7 cm³/mol. The van der Waals surface area contributed by atoms with Gasteiger partial charge < -0.3 is 8.83 Å². The number of fused-ring (bicyclic) bond motifs is 2. The Kier molecular flexibility index (Phi) is 3.92. The van der Waals surface area contributed by atoms with Gasteiger partial charge in [0.2, 0.25) is 0 Å². The summed E-state index contributed by atoms with van der Waals surface area (Å²) in [5, 5.41) is 2.01. The van der Waals surface area contributed by atoms with E-state index in [2.05, 4.69) is 0 Å². The van der Waals surface area contributed by atoms with E-state index in [1.165, 1.54) is 33.7 Å². The Morgan fingerprint density at radius 1 is 0.625 bits per heavy atom. The third-order valence-corrected chi connectivity index (χ3v) is 5.48. The van der Waals surface area contributed by atoms with Gasteiger partial charge in [0.25, 0.3) is 0 Å². The molecule has 0 saturated heterocycles. The average Bonchev–Trinajstić information content (AvgIpc) is 2.60. The summed E-state index contributed by atoms with van der Waals surface area (Å²) >= 11 is 0. The lowest BCUT2D eigenvalue weighted by molar-refractivity contribution is 0.498. The first-order valence-corrected chi connectivity index (χ1v) is 9.26. The van der Waals surface area contributed by atoms with Crippen LogP contribution in [0.2, 0.25) is 0 Å². The molecule has 4 rings (SSSR count). The van der Waals surface area contributed by atoms with Crippen molar-refractivity contribution < 1.29 is 8.83 Å². The Morgan fingerprint density at radius 2 is 1.04 bits per heavy atom. The number of rotatable bonds is 3. The maximum absolute atomic E-state index is 12.1. The minimum atomic E-state index is -0.0973. The van der Waals surface area contributed by atoms with E-state index in [9.17, 15) is 9.59 Å². The maximum Gasteiger partial charge on any atom is 0.193 e. The van der Waals surface area contributed by atoms with Gasteiger partial charge in [-0.2, -0.15) is 0 Å². The highest BCUT2D eigenvalue weighted by Gasteiger charge is 2.09. The second kappa shape index (κ2) is 6.22. The molecule has 24 heavy (non-hydrogen) atoms. The smallest absolute Gasteiger partial charge is 0.193 e. The second-order valence-electron chi connectivity index (χ2n) is 5.02. The van der Waals surface area contributed by atoms with Crippen molar-refractivity contribution in [1.82, 2.24) is 0 Å². The fourth-order valence-electron chi connectivity index (χ4n) is 2.33. The van der Waals surface area contributed by atoms with Crippen LogP contribution in [-0.2, 0) is 0 Å². The average molecular weight is 354 g/mol. The van der Waals surface area contributed by atoms with Crippen molar-refractivity contribution in [3.8, 4) is 0 Å². The molecular formula is C18H10O4S2. The molecule has 0 atom stereocenters. The van der Waals surface area contributed by atoms with Gasteiger partial charge in [0.05, 0.1) is 10.8 Å². The largest absolute Gasteiger partial charge is 0.449 e. The number of hydrogen-bond donors (Lipinski definition) is 0. The first-order chi connectivity index (χ1) is 11.7. The molecule has 0 unspecified atom stereocenters. The van der Waals surface area contributed by atoms with Gasteiger partial charge in [0.1, 0.15) is 11.2 Å². The van der Waals surface area contributed by atoms with Crippen molar-refractivity contribution in [3.05, 3.63) is 81.1 Å². The van der Waals surface area contributed by atoms with Crippen LogP contribution in [0.3, 0.4) is 0 Å². The van der Waals surface area contributed by atoms with Crippen molar-refractivity contribution >= 4 is 43.5 Å². The Hall–Kier alpha value is -2.44. The molecule has 118 valence electrons. The fraction of sp³-hybridized carbons (Fsp3) is 0. The summed E-state index contributed by atoms with van der Waals surface area (Å²) in [5.74, 6) is 0. The Bertz CT molecular complexity index is 1070. The molecule has 4 nitrogen and oxygen atoms in total. The van der Waals surface area contributed by atoms with Crippen LogP contribution in [-0.4, -0.2) is 0 Å². The van der Waals surface area contributed by atoms with E-state index in [4.69, 9.17) is 8.83 Å². The van der Waals surface area contributed by atoms with Crippen LogP contribution in [0.25, 0.3) is 21.9 Å². The highest BCUT2D eigenvalue weighted by Crippen LogP contribution is 2.37. The van der Waals surface area contributed by atoms with Crippen LogP contribution in [0.4, 0.5) is 0 Å². The molecule has 0 bridgehead atoms. The van der Waals surface area contributed by atoms with Crippen LogP contribution in [0.1, 0.15) is 0 Å². The summed E-state index contributed by atoms with van der Waals surface area (Å²) in [7, 11) is 2.47. The van der Waals surface area contributed by atoms with Crippen molar-refractivity contribution in [1.29, 1.82) is 0 Å². The Morgan fingerprint density at radius 3 is 1.50 bits per heavy atom. The molecule has 0 amide bonds. The van der Waals surface area contributed by atoms with Crippen LogP contribution in [0, 0.1) is 0 Å². The third kappa shape index (κ3) is 2.86. The quantitative estimate of drug-likeness (QED) is 0.497. The molecule has 0 saturated carbocycles. The Labute approximate surface area is 143 Å². The van der Waals surface area contributed by atoms with Crippen molar-refractivity contribution in [3.63, 3.8) is 0 Å². The molecule has 0 N–H and O–H groups in total. The van der Waals surface area contributed by atoms with E-state index in [1.54, 1.807) is 36.4 Å². The topological polar surface area (TPSA) is 60.4 Å². The molecule has 2 heterocycles. The molecule has 0 radical (unpaired) electrons. The summed E-state index contributed by atoms with van der Waals surface area (Å²) in [4.78, 5) is 24.2. The SMILES string of the molecule is O=c1cc(SSc2cc(=O)c3ccccc3o2)oc2ccccc12. The molecule has 2 aromatic heterocycles. The number of benzene rings is 2. The van der Waals surface area contributed by atoms with E-state index < -0.39 is 0 Å². The molecule has 0 spiro atoms. The van der Waals surface area contributed by atoms with Gasteiger partial charge in [0, 0.05) is 12.1 Å². The minimum Gasteiger partial charge on any atom is -0.449 e. The summed E-state index contributed by atoms with van der Waals surface area (Å²) in [6, 6.07) is 17.1. The van der Waals surface area contributed by atoms with Crippen LogP contribution in [0.15, 0.2) is 89.3 Å². The lowest BCUT2D eigenvalue weighted by atomic mass is 10.2. The van der Waals surface area contributed by atoms with Gasteiger partial charge in [0.15, 0.2) is 21.0 Å². The summed E-state index contributed by atoms with van der Waals surface area (Å²) < 4.78 is 11.4. The van der Waals surface area contributed by atoms with Gasteiger partial charge in [-0.3, -0.25) is 9.59 Å². The third-order valence-electron chi connectivity index (χ3n) is 3.43. The highest BCUT2D eigenvalue weighted by molar-refractivity contribution is 8.76. The standard InChI is InChI=1S/C18H10O4S2/c19-13-9-17(21-15-7-3-1-5-11(13)15)23-24-18-10-14(20)12-6-2-4-8-16(12)22-18/h1-10H. The Balaban J connectivity index is 1.65. The van der Waals surface area contributed by atoms with E-state index in [0.717, 1.165) is 0 Å². The monoisotopic (exact) mass is 354 g/mol. The molecule has 0 aliphatic rings. The normalized spacial score (nSPS) is 11.2. The van der Waals surface area contributed by atoms with Crippen molar-refractivity contribution in [2.24, 2.45) is 0 Å². The van der Waals surface area contributed by atoms with Crippen LogP contribution < -0.4 is 10.9 Å². The van der Waals surface area contributed by atoms with Gasteiger partial charge in [-0.15, -0.1) is 0 Å². The zero-order chi connectivity index (χ0) is 16.5. The lowest BCUT2D eigenvalue weighted by Crippen LogP contribution is -1.99. The molecule has 6 heteroatoms. The molecular weight excluding hydrogens is 344 g/mol. The first kappa shape index (κ1) is 15.1. The van der Waals surface area contributed by atoms with Gasteiger partial charge in [-0.25, -0.2) is 0 Å². The molecule has 4 aromatic rings. The van der Waals surface area contributed by atoms with E-state index >= 15 is 0 Å². The van der Waals surface area contributed by atoms with E-state index in [0.29, 0.717) is 32.1 Å².